The van der Waals surface area contributed by atoms with Crippen LogP contribution in [0.25, 0.3) is 0 Å². The molecule has 0 amide bonds. The van der Waals surface area contributed by atoms with Crippen LogP contribution in [0.2, 0.25) is 0 Å². The van der Waals surface area contributed by atoms with E-state index in [2.05, 4.69) is 26.1 Å². The number of benzene rings is 1. The first-order valence-corrected chi connectivity index (χ1v) is 7.02. The third-order valence-corrected chi connectivity index (χ3v) is 4.28. The summed E-state index contributed by atoms with van der Waals surface area (Å²) in [6.07, 6.45) is 0.887. The summed E-state index contributed by atoms with van der Waals surface area (Å²) >= 11 is 0. The van der Waals surface area contributed by atoms with E-state index in [-0.39, 0.29) is 22.1 Å². The lowest BCUT2D eigenvalue weighted by molar-refractivity contribution is -0.386. The first-order valence-electron chi connectivity index (χ1n) is 7.02. The number of rotatable bonds is 5. The third-order valence-electron chi connectivity index (χ3n) is 4.28. The van der Waals surface area contributed by atoms with E-state index in [0.29, 0.717) is 17.4 Å². The molecule has 0 aromatic heterocycles. The number of hydrogen-bond donors (Lipinski definition) is 1. The molecule has 1 aromatic rings. The van der Waals surface area contributed by atoms with Crippen molar-refractivity contribution >= 4 is 5.69 Å². The minimum Gasteiger partial charge on any atom is -0.483 e. The van der Waals surface area contributed by atoms with Gasteiger partial charge in [0.2, 0.25) is 0 Å². The lowest BCUT2D eigenvalue weighted by Crippen LogP contribution is -2.62. The zero-order valence-electron chi connectivity index (χ0n) is 12.5. The Kier molecular flexibility index (Phi) is 3.99. The van der Waals surface area contributed by atoms with Crippen molar-refractivity contribution in [2.45, 2.75) is 46.3 Å². The molecule has 2 atom stereocenters. The molecule has 0 radical (unpaired) electrons. The van der Waals surface area contributed by atoms with Crippen LogP contribution in [0.1, 0.15) is 32.8 Å². The van der Waals surface area contributed by atoms with Crippen molar-refractivity contribution in [1.29, 1.82) is 0 Å². The summed E-state index contributed by atoms with van der Waals surface area (Å²) in [5.41, 5.74) is 0.691. The molecule has 0 saturated heterocycles. The van der Waals surface area contributed by atoms with Crippen molar-refractivity contribution in [2.24, 2.45) is 5.41 Å². The van der Waals surface area contributed by atoms with Gasteiger partial charge >= 0.3 is 5.69 Å². The highest BCUT2D eigenvalue weighted by Gasteiger charge is 2.50. The average Bonchev–Trinajstić information content (AvgIpc) is 2.37. The van der Waals surface area contributed by atoms with E-state index in [0.717, 1.165) is 13.0 Å². The van der Waals surface area contributed by atoms with Crippen molar-refractivity contribution in [3.63, 3.8) is 0 Å². The zero-order chi connectivity index (χ0) is 14.9. The summed E-state index contributed by atoms with van der Waals surface area (Å²) in [7, 11) is 0. The lowest BCUT2D eigenvalue weighted by Gasteiger charge is -2.51. The maximum atomic E-state index is 11.2. The number of hydrogen-bond acceptors (Lipinski definition) is 4. The van der Waals surface area contributed by atoms with E-state index in [1.54, 1.807) is 25.1 Å². The van der Waals surface area contributed by atoms with Crippen molar-refractivity contribution in [3.8, 4) is 5.75 Å². The maximum Gasteiger partial charge on any atom is 0.313 e. The topological polar surface area (TPSA) is 64.4 Å². The molecule has 1 aliphatic rings. The number of nitro benzene ring substituents is 1. The van der Waals surface area contributed by atoms with Crippen LogP contribution in [0, 0.1) is 22.5 Å². The van der Waals surface area contributed by atoms with Gasteiger partial charge in [-0.05, 0) is 19.5 Å². The van der Waals surface area contributed by atoms with Crippen LogP contribution in [0.3, 0.4) is 0 Å². The molecule has 1 aliphatic carbocycles. The van der Waals surface area contributed by atoms with Gasteiger partial charge in [0.25, 0.3) is 0 Å². The molecule has 5 heteroatoms. The van der Waals surface area contributed by atoms with E-state index in [9.17, 15) is 10.1 Å². The fourth-order valence-corrected chi connectivity index (χ4v) is 2.79. The fraction of sp³-hybridized carbons (Fsp3) is 0.600. The summed E-state index contributed by atoms with van der Waals surface area (Å²) in [4.78, 5) is 10.8. The minimum atomic E-state index is -0.363. The van der Waals surface area contributed by atoms with Gasteiger partial charge in [-0.3, -0.25) is 10.1 Å². The smallest absolute Gasteiger partial charge is 0.313 e. The molecule has 1 aromatic carbocycles. The largest absolute Gasteiger partial charge is 0.483 e. The molecule has 1 N–H and O–H groups in total. The van der Waals surface area contributed by atoms with Crippen LogP contribution in [-0.4, -0.2) is 23.6 Å². The molecule has 110 valence electrons. The predicted octanol–water partition coefficient (Wildman–Crippen LogP) is 3.06. The molecule has 20 heavy (non-hydrogen) atoms. The number of ether oxygens (including phenoxy) is 1. The molecule has 1 fully saturated rings. The Labute approximate surface area is 119 Å². The Morgan fingerprint density at radius 1 is 1.50 bits per heavy atom. The molecule has 0 aliphatic heterocycles. The summed E-state index contributed by atoms with van der Waals surface area (Å²) in [6.45, 7) is 9.01. The summed E-state index contributed by atoms with van der Waals surface area (Å²) in [5.74, 6) is 0.378. The second kappa shape index (κ2) is 5.40. The van der Waals surface area contributed by atoms with Crippen LogP contribution in [0.5, 0.6) is 5.75 Å². The predicted molar refractivity (Wildman–Crippen MR) is 78.1 cm³/mol. The molecule has 0 spiro atoms. The normalized spacial score (nSPS) is 24.0. The molecule has 0 heterocycles. The van der Waals surface area contributed by atoms with E-state index < -0.39 is 0 Å². The fourth-order valence-electron chi connectivity index (χ4n) is 2.79. The van der Waals surface area contributed by atoms with Crippen LogP contribution in [0.4, 0.5) is 5.69 Å². The van der Waals surface area contributed by atoms with Gasteiger partial charge in [-0.25, -0.2) is 0 Å². The molecule has 2 rings (SSSR count). The van der Waals surface area contributed by atoms with Gasteiger partial charge in [-0.15, -0.1) is 0 Å². The van der Waals surface area contributed by atoms with E-state index in [1.807, 2.05) is 0 Å². The van der Waals surface area contributed by atoms with Crippen LogP contribution in [0.15, 0.2) is 18.2 Å². The Balaban J connectivity index is 2.17. The molecular weight excluding hydrogens is 256 g/mol. The maximum absolute atomic E-state index is 11.2. The van der Waals surface area contributed by atoms with Gasteiger partial charge in [0, 0.05) is 23.4 Å². The summed E-state index contributed by atoms with van der Waals surface area (Å²) in [6, 6.07) is 5.62. The number of nitro groups is 1. The molecule has 2 unspecified atom stereocenters. The molecule has 5 nitrogen and oxygen atoms in total. The standard InChI is InChI=1S/C15H22N2O3/c1-5-16-12-9-13(15(12,3)4)20-11-8-6-7-10(2)14(11)17(18)19/h6-8,12-13,16H,5,9H2,1-4H3. The quantitative estimate of drug-likeness (QED) is 0.664. The highest BCUT2D eigenvalue weighted by atomic mass is 16.6. The highest BCUT2D eigenvalue weighted by Crippen LogP contribution is 2.44. The highest BCUT2D eigenvalue weighted by molar-refractivity contribution is 5.52. The van der Waals surface area contributed by atoms with Gasteiger partial charge in [0.1, 0.15) is 6.10 Å². The second-order valence-corrected chi connectivity index (χ2v) is 5.95. The van der Waals surface area contributed by atoms with E-state index >= 15 is 0 Å². The van der Waals surface area contributed by atoms with Gasteiger partial charge < -0.3 is 10.1 Å². The van der Waals surface area contributed by atoms with Crippen molar-refractivity contribution in [3.05, 3.63) is 33.9 Å². The summed E-state index contributed by atoms with van der Waals surface area (Å²) < 4.78 is 5.93. The van der Waals surface area contributed by atoms with Gasteiger partial charge in [0.05, 0.1) is 4.92 Å². The molecule has 0 bridgehead atoms. The Morgan fingerprint density at radius 3 is 2.75 bits per heavy atom. The van der Waals surface area contributed by atoms with Gasteiger partial charge in [0.15, 0.2) is 5.75 Å². The van der Waals surface area contributed by atoms with Crippen molar-refractivity contribution in [1.82, 2.24) is 5.32 Å². The van der Waals surface area contributed by atoms with Gasteiger partial charge in [-0.1, -0.05) is 32.9 Å². The van der Waals surface area contributed by atoms with E-state index in [1.165, 1.54) is 0 Å². The first-order chi connectivity index (χ1) is 9.37. The third kappa shape index (κ3) is 2.50. The Bertz CT molecular complexity index is 514. The summed E-state index contributed by atoms with van der Waals surface area (Å²) in [5, 5.41) is 14.6. The molecular formula is C15H22N2O3. The number of para-hydroxylation sites is 1. The molecule has 1 saturated carbocycles. The Hall–Kier alpha value is -1.62. The Morgan fingerprint density at radius 2 is 2.20 bits per heavy atom. The number of nitrogens with zero attached hydrogens (tertiary/aromatic N) is 1. The van der Waals surface area contributed by atoms with Gasteiger partial charge in [-0.2, -0.15) is 0 Å². The number of aryl methyl sites for hydroxylation is 1. The van der Waals surface area contributed by atoms with E-state index in [4.69, 9.17) is 4.74 Å². The SMILES string of the molecule is CCNC1CC(Oc2cccc(C)c2[N+](=O)[O-])C1(C)C. The minimum absolute atomic E-state index is 0.00653. The van der Waals surface area contributed by atoms with Crippen molar-refractivity contribution < 1.29 is 9.66 Å². The monoisotopic (exact) mass is 278 g/mol. The zero-order valence-corrected chi connectivity index (χ0v) is 12.5. The van der Waals surface area contributed by atoms with Crippen LogP contribution < -0.4 is 10.1 Å². The van der Waals surface area contributed by atoms with Crippen molar-refractivity contribution in [2.75, 3.05) is 6.54 Å². The van der Waals surface area contributed by atoms with Crippen LogP contribution >= 0.6 is 0 Å². The first kappa shape index (κ1) is 14.8. The second-order valence-electron chi connectivity index (χ2n) is 5.95. The lowest BCUT2D eigenvalue weighted by atomic mass is 9.64. The average molecular weight is 278 g/mol. The number of nitrogens with one attached hydrogen (secondary N) is 1. The van der Waals surface area contributed by atoms with Crippen LogP contribution in [-0.2, 0) is 0 Å².